The number of ether oxygens (including phenoxy) is 2. The van der Waals surface area contributed by atoms with Crippen molar-refractivity contribution >= 4 is 28.9 Å². The molecule has 0 aliphatic carbocycles. The SMILES string of the molecule is COc1cc(OC)c(Nc2nc(N)c(F)cc2F)cc1Cl. The number of anilines is 3. The third kappa shape index (κ3) is 3.08. The van der Waals surface area contributed by atoms with Crippen molar-refractivity contribution in [2.24, 2.45) is 0 Å². The van der Waals surface area contributed by atoms with Crippen LogP contribution in [0.3, 0.4) is 0 Å². The number of halogens is 3. The normalized spacial score (nSPS) is 10.3. The number of nitrogen functional groups attached to an aromatic ring is 1. The Labute approximate surface area is 124 Å². The van der Waals surface area contributed by atoms with Crippen LogP contribution in [0.15, 0.2) is 18.2 Å². The molecular formula is C13H12ClF2N3O2. The van der Waals surface area contributed by atoms with E-state index >= 15 is 0 Å². The van der Waals surface area contributed by atoms with Gasteiger partial charge in [-0.05, 0) is 6.07 Å². The summed E-state index contributed by atoms with van der Waals surface area (Å²) in [5.74, 6) is -1.74. The molecular weight excluding hydrogens is 304 g/mol. The number of aromatic nitrogens is 1. The molecule has 0 aliphatic heterocycles. The summed E-state index contributed by atoms with van der Waals surface area (Å²) < 4.78 is 37.0. The number of nitrogens with zero attached hydrogens (tertiary/aromatic N) is 1. The molecule has 0 bridgehead atoms. The molecule has 0 saturated heterocycles. The summed E-state index contributed by atoms with van der Waals surface area (Å²) in [7, 11) is 2.88. The van der Waals surface area contributed by atoms with E-state index in [1.54, 1.807) is 0 Å². The quantitative estimate of drug-likeness (QED) is 0.905. The van der Waals surface area contributed by atoms with Crippen molar-refractivity contribution in [2.75, 3.05) is 25.3 Å². The number of methoxy groups -OCH3 is 2. The fraction of sp³-hybridized carbons (Fsp3) is 0.154. The van der Waals surface area contributed by atoms with Gasteiger partial charge < -0.3 is 20.5 Å². The summed E-state index contributed by atoms with van der Waals surface area (Å²) in [5, 5.41) is 2.94. The molecule has 0 fully saturated rings. The van der Waals surface area contributed by atoms with Crippen LogP contribution in [0.2, 0.25) is 5.02 Å². The summed E-state index contributed by atoms with van der Waals surface area (Å²) >= 11 is 6.00. The van der Waals surface area contributed by atoms with Gasteiger partial charge in [-0.1, -0.05) is 11.6 Å². The lowest BCUT2D eigenvalue weighted by molar-refractivity contribution is 0.395. The van der Waals surface area contributed by atoms with Crippen LogP contribution in [0.1, 0.15) is 0 Å². The largest absolute Gasteiger partial charge is 0.495 e. The zero-order chi connectivity index (χ0) is 15.6. The lowest BCUT2D eigenvalue weighted by Gasteiger charge is -2.14. The Morgan fingerprint density at radius 3 is 2.38 bits per heavy atom. The van der Waals surface area contributed by atoms with Crippen LogP contribution < -0.4 is 20.5 Å². The fourth-order valence-electron chi connectivity index (χ4n) is 1.65. The van der Waals surface area contributed by atoms with Crippen molar-refractivity contribution in [1.82, 2.24) is 4.98 Å². The van der Waals surface area contributed by atoms with Crippen LogP contribution in [0.25, 0.3) is 0 Å². The molecule has 8 heteroatoms. The van der Waals surface area contributed by atoms with Gasteiger partial charge in [0.15, 0.2) is 23.3 Å². The number of pyridine rings is 1. The molecule has 1 aromatic carbocycles. The minimum absolute atomic E-state index is 0.242. The maximum absolute atomic E-state index is 13.7. The molecule has 0 spiro atoms. The highest BCUT2D eigenvalue weighted by atomic mass is 35.5. The van der Waals surface area contributed by atoms with Gasteiger partial charge in [0.05, 0.1) is 24.9 Å². The van der Waals surface area contributed by atoms with Gasteiger partial charge in [-0.25, -0.2) is 13.8 Å². The molecule has 5 nitrogen and oxygen atoms in total. The molecule has 0 aliphatic rings. The minimum Gasteiger partial charge on any atom is -0.495 e. The number of rotatable bonds is 4. The zero-order valence-electron chi connectivity index (χ0n) is 11.2. The van der Waals surface area contributed by atoms with Crippen LogP contribution in [0, 0.1) is 11.6 Å². The first kappa shape index (κ1) is 15.1. The molecule has 21 heavy (non-hydrogen) atoms. The van der Waals surface area contributed by atoms with Crippen molar-refractivity contribution in [2.45, 2.75) is 0 Å². The van der Waals surface area contributed by atoms with Crippen molar-refractivity contribution in [3.8, 4) is 11.5 Å². The molecule has 2 rings (SSSR count). The number of benzene rings is 1. The standard InChI is InChI=1S/C13H12ClF2N3O2/c1-20-10-5-11(21-2)9(3-6(10)14)18-13-8(16)4-7(15)12(17)19-13/h3-5H,1-2H3,(H3,17,18,19). The van der Waals surface area contributed by atoms with E-state index in [-0.39, 0.29) is 10.8 Å². The first-order valence-electron chi connectivity index (χ1n) is 5.76. The van der Waals surface area contributed by atoms with Gasteiger partial charge >= 0.3 is 0 Å². The molecule has 2 aromatic rings. The zero-order valence-corrected chi connectivity index (χ0v) is 12.0. The second kappa shape index (κ2) is 6.01. The Bertz CT molecular complexity index is 683. The van der Waals surface area contributed by atoms with E-state index in [9.17, 15) is 8.78 Å². The number of nitrogens with two attached hydrogens (primary N) is 1. The second-order valence-corrected chi connectivity index (χ2v) is 4.41. The predicted octanol–water partition coefficient (Wildman–Crippen LogP) is 3.36. The van der Waals surface area contributed by atoms with Gasteiger partial charge in [-0.15, -0.1) is 0 Å². The maximum atomic E-state index is 13.7. The molecule has 0 unspecified atom stereocenters. The Hall–Kier alpha value is -2.28. The Morgan fingerprint density at radius 1 is 1.10 bits per heavy atom. The smallest absolute Gasteiger partial charge is 0.169 e. The Morgan fingerprint density at radius 2 is 1.76 bits per heavy atom. The van der Waals surface area contributed by atoms with Gasteiger partial charge in [-0.3, -0.25) is 0 Å². The minimum atomic E-state index is -0.933. The second-order valence-electron chi connectivity index (χ2n) is 4.00. The van der Waals surface area contributed by atoms with Crippen molar-refractivity contribution in [1.29, 1.82) is 0 Å². The van der Waals surface area contributed by atoms with Crippen LogP contribution in [0.4, 0.5) is 26.1 Å². The summed E-state index contributed by atoms with van der Waals surface area (Å²) in [6.07, 6.45) is 0. The average Bonchev–Trinajstić information content (AvgIpc) is 2.45. The summed E-state index contributed by atoms with van der Waals surface area (Å²) in [5.41, 5.74) is 5.65. The monoisotopic (exact) mass is 315 g/mol. The van der Waals surface area contributed by atoms with E-state index in [4.69, 9.17) is 26.8 Å². The lowest BCUT2D eigenvalue weighted by Crippen LogP contribution is -2.04. The lowest BCUT2D eigenvalue weighted by atomic mass is 10.2. The van der Waals surface area contributed by atoms with Gasteiger partial charge in [-0.2, -0.15) is 0 Å². The first-order valence-corrected chi connectivity index (χ1v) is 6.14. The van der Waals surface area contributed by atoms with E-state index in [0.29, 0.717) is 23.3 Å². The number of hydrogen-bond donors (Lipinski definition) is 2. The molecule has 0 saturated carbocycles. The third-order valence-corrected chi connectivity index (χ3v) is 2.98. The van der Waals surface area contributed by atoms with E-state index in [1.807, 2.05) is 0 Å². The van der Waals surface area contributed by atoms with Crippen molar-refractivity contribution in [3.63, 3.8) is 0 Å². The topological polar surface area (TPSA) is 69.4 Å². The van der Waals surface area contributed by atoms with Crippen LogP contribution in [-0.2, 0) is 0 Å². The maximum Gasteiger partial charge on any atom is 0.169 e. The van der Waals surface area contributed by atoms with Gasteiger partial charge in [0.1, 0.15) is 11.5 Å². The van der Waals surface area contributed by atoms with Gasteiger partial charge in [0, 0.05) is 12.1 Å². The van der Waals surface area contributed by atoms with Crippen LogP contribution in [0.5, 0.6) is 11.5 Å². The first-order chi connectivity index (χ1) is 9.96. The highest BCUT2D eigenvalue weighted by Crippen LogP contribution is 2.37. The Kier molecular flexibility index (Phi) is 4.32. The molecule has 112 valence electrons. The molecule has 3 N–H and O–H groups in total. The summed E-state index contributed by atoms with van der Waals surface area (Å²) in [6.45, 7) is 0. The van der Waals surface area contributed by atoms with E-state index in [1.165, 1.54) is 26.4 Å². The highest BCUT2D eigenvalue weighted by Gasteiger charge is 2.14. The summed E-state index contributed by atoms with van der Waals surface area (Å²) in [6, 6.07) is 3.64. The van der Waals surface area contributed by atoms with Gasteiger partial charge in [0.25, 0.3) is 0 Å². The van der Waals surface area contributed by atoms with E-state index < -0.39 is 17.5 Å². The van der Waals surface area contributed by atoms with Crippen molar-refractivity contribution in [3.05, 3.63) is 34.9 Å². The predicted molar refractivity (Wildman–Crippen MR) is 76.4 cm³/mol. The fourth-order valence-corrected chi connectivity index (χ4v) is 1.89. The number of hydrogen-bond acceptors (Lipinski definition) is 5. The summed E-state index contributed by atoms with van der Waals surface area (Å²) in [4.78, 5) is 3.60. The van der Waals surface area contributed by atoms with Crippen LogP contribution in [-0.4, -0.2) is 19.2 Å². The van der Waals surface area contributed by atoms with Gasteiger partial charge in [0.2, 0.25) is 0 Å². The third-order valence-electron chi connectivity index (χ3n) is 2.68. The molecule has 0 amide bonds. The Balaban J connectivity index is 2.44. The molecule has 1 aromatic heterocycles. The molecule has 0 atom stereocenters. The van der Waals surface area contributed by atoms with Crippen molar-refractivity contribution < 1.29 is 18.3 Å². The molecule has 1 heterocycles. The molecule has 0 radical (unpaired) electrons. The van der Waals surface area contributed by atoms with E-state index in [0.717, 1.165) is 0 Å². The average molecular weight is 316 g/mol. The van der Waals surface area contributed by atoms with E-state index in [2.05, 4.69) is 10.3 Å². The highest BCUT2D eigenvalue weighted by molar-refractivity contribution is 6.32. The number of nitrogens with one attached hydrogen (secondary N) is 1. The van der Waals surface area contributed by atoms with Crippen LogP contribution >= 0.6 is 11.6 Å².